The Balaban J connectivity index is 0.00000128. The first-order valence-corrected chi connectivity index (χ1v) is 5.49. The van der Waals surface area contributed by atoms with Crippen LogP contribution in [-0.4, -0.2) is 62.4 Å². The zero-order valence-electron chi connectivity index (χ0n) is 9.48. The smallest absolute Gasteiger partial charge is 0.242 e. The molecule has 2 rings (SSSR count). The predicted octanol–water partition coefficient (Wildman–Crippen LogP) is -0.356. The highest BCUT2D eigenvalue weighted by atomic mass is 35.5. The molecule has 2 unspecified atom stereocenters. The van der Waals surface area contributed by atoms with Crippen LogP contribution in [0.25, 0.3) is 0 Å². The van der Waals surface area contributed by atoms with E-state index in [1.807, 2.05) is 11.8 Å². The molecule has 5 nitrogen and oxygen atoms in total. The van der Waals surface area contributed by atoms with Crippen LogP contribution >= 0.6 is 12.4 Å². The van der Waals surface area contributed by atoms with E-state index < -0.39 is 0 Å². The van der Waals surface area contributed by atoms with Crippen LogP contribution in [0.5, 0.6) is 0 Å². The number of carbonyl (C=O) groups excluding carboxylic acids is 1. The van der Waals surface area contributed by atoms with Gasteiger partial charge in [0.05, 0.1) is 25.9 Å². The van der Waals surface area contributed by atoms with Crippen LogP contribution in [0.4, 0.5) is 0 Å². The number of rotatable bonds is 1. The van der Waals surface area contributed by atoms with E-state index in [9.17, 15) is 4.79 Å². The molecule has 1 amide bonds. The lowest BCUT2D eigenvalue weighted by Crippen LogP contribution is -2.55. The number of ether oxygens (including phenoxy) is 2. The number of hydrogen-bond acceptors (Lipinski definition) is 4. The Morgan fingerprint density at radius 1 is 1.44 bits per heavy atom. The number of hydrogen-bond donors (Lipinski definition) is 1. The van der Waals surface area contributed by atoms with Gasteiger partial charge < -0.3 is 19.7 Å². The number of carbonyl (C=O) groups is 1. The molecule has 2 fully saturated rings. The lowest BCUT2D eigenvalue weighted by Gasteiger charge is -2.34. The summed E-state index contributed by atoms with van der Waals surface area (Å²) in [6, 6.07) is -0.163. The zero-order chi connectivity index (χ0) is 10.7. The third-order valence-corrected chi connectivity index (χ3v) is 2.77. The van der Waals surface area contributed by atoms with Crippen LogP contribution in [0.3, 0.4) is 0 Å². The molecule has 2 saturated heterocycles. The maximum Gasteiger partial charge on any atom is 0.242 e. The molecule has 6 heteroatoms. The van der Waals surface area contributed by atoms with E-state index in [1.54, 1.807) is 0 Å². The van der Waals surface area contributed by atoms with Gasteiger partial charge in [-0.2, -0.15) is 0 Å². The minimum absolute atomic E-state index is 0. The van der Waals surface area contributed by atoms with Gasteiger partial charge in [-0.15, -0.1) is 12.4 Å². The molecule has 0 radical (unpaired) electrons. The summed E-state index contributed by atoms with van der Waals surface area (Å²) in [5, 5.41) is 3.17. The molecule has 2 aliphatic rings. The van der Waals surface area contributed by atoms with E-state index in [4.69, 9.17) is 9.47 Å². The number of halogens is 1. The van der Waals surface area contributed by atoms with Crippen molar-refractivity contribution in [3.05, 3.63) is 0 Å². The normalized spacial score (nSPS) is 30.7. The van der Waals surface area contributed by atoms with Crippen molar-refractivity contribution in [1.29, 1.82) is 0 Å². The maximum absolute atomic E-state index is 12.0. The molecule has 2 atom stereocenters. The van der Waals surface area contributed by atoms with Crippen molar-refractivity contribution in [2.24, 2.45) is 0 Å². The molecule has 16 heavy (non-hydrogen) atoms. The van der Waals surface area contributed by atoms with Crippen molar-refractivity contribution in [3.63, 3.8) is 0 Å². The van der Waals surface area contributed by atoms with Gasteiger partial charge >= 0.3 is 0 Å². The first-order chi connectivity index (χ1) is 7.27. The van der Waals surface area contributed by atoms with Crippen LogP contribution in [0, 0.1) is 0 Å². The van der Waals surface area contributed by atoms with Crippen LogP contribution in [0.1, 0.15) is 6.92 Å². The second-order valence-corrected chi connectivity index (χ2v) is 4.05. The van der Waals surface area contributed by atoms with Crippen molar-refractivity contribution >= 4 is 18.3 Å². The molecule has 0 aromatic rings. The molecule has 0 aromatic heterocycles. The first-order valence-electron chi connectivity index (χ1n) is 5.49. The average molecular weight is 251 g/mol. The Kier molecular flexibility index (Phi) is 5.48. The van der Waals surface area contributed by atoms with E-state index in [-0.39, 0.29) is 30.5 Å². The van der Waals surface area contributed by atoms with E-state index in [0.717, 1.165) is 6.54 Å². The number of morpholine rings is 2. The second kappa shape index (κ2) is 6.39. The highest BCUT2D eigenvalue weighted by Crippen LogP contribution is 2.07. The zero-order valence-corrected chi connectivity index (χ0v) is 10.3. The first kappa shape index (κ1) is 13.7. The monoisotopic (exact) mass is 250 g/mol. The molecular weight excluding hydrogens is 232 g/mol. The summed E-state index contributed by atoms with van der Waals surface area (Å²) < 4.78 is 10.7. The van der Waals surface area contributed by atoms with Gasteiger partial charge in [0.1, 0.15) is 6.04 Å². The van der Waals surface area contributed by atoms with Crippen molar-refractivity contribution in [1.82, 2.24) is 10.2 Å². The minimum Gasteiger partial charge on any atom is -0.378 e. The van der Waals surface area contributed by atoms with Gasteiger partial charge in [-0.05, 0) is 6.92 Å². The SMILES string of the molecule is CC1CN(C(=O)C2COCCN2)CCO1.Cl. The fourth-order valence-electron chi connectivity index (χ4n) is 1.96. The Morgan fingerprint density at radius 2 is 2.25 bits per heavy atom. The Labute approximate surface area is 102 Å². The van der Waals surface area contributed by atoms with Gasteiger partial charge in [0.15, 0.2) is 0 Å². The summed E-state index contributed by atoms with van der Waals surface area (Å²) in [5.41, 5.74) is 0. The second-order valence-electron chi connectivity index (χ2n) is 4.05. The third kappa shape index (κ3) is 3.31. The minimum atomic E-state index is -0.163. The molecule has 0 aromatic carbocycles. The van der Waals surface area contributed by atoms with Gasteiger partial charge in [-0.25, -0.2) is 0 Å². The number of nitrogens with one attached hydrogen (secondary N) is 1. The fraction of sp³-hybridized carbons (Fsp3) is 0.900. The van der Waals surface area contributed by atoms with Crippen molar-refractivity contribution < 1.29 is 14.3 Å². The quantitative estimate of drug-likeness (QED) is 0.691. The van der Waals surface area contributed by atoms with Crippen molar-refractivity contribution in [2.75, 3.05) is 39.5 Å². The van der Waals surface area contributed by atoms with Crippen molar-refractivity contribution in [2.45, 2.75) is 19.1 Å². The van der Waals surface area contributed by atoms with E-state index in [1.165, 1.54) is 0 Å². The molecule has 0 bridgehead atoms. The standard InChI is InChI=1S/C10H18N2O3.ClH/c1-8-6-12(3-5-15-8)10(13)9-7-14-4-2-11-9;/h8-9,11H,2-7H2,1H3;1H. The molecule has 2 aliphatic heterocycles. The third-order valence-electron chi connectivity index (χ3n) is 2.77. The van der Waals surface area contributed by atoms with Crippen LogP contribution in [0.2, 0.25) is 0 Å². The van der Waals surface area contributed by atoms with Crippen LogP contribution in [-0.2, 0) is 14.3 Å². The number of amides is 1. The van der Waals surface area contributed by atoms with Gasteiger partial charge in [0.25, 0.3) is 0 Å². The Hall–Kier alpha value is -0.360. The average Bonchev–Trinajstić information content (AvgIpc) is 2.29. The highest BCUT2D eigenvalue weighted by Gasteiger charge is 2.28. The summed E-state index contributed by atoms with van der Waals surface area (Å²) >= 11 is 0. The van der Waals surface area contributed by atoms with E-state index in [2.05, 4.69) is 5.32 Å². The van der Waals surface area contributed by atoms with E-state index >= 15 is 0 Å². The maximum atomic E-state index is 12.0. The lowest BCUT2D eigenvalue weighted by atomic mass is 10.2. The molecule has 94 valence electrons. The Morgan fingerprint density at radius 3 is 2.88 bits per heavy atom. The van der Waals surface area contributed by atoms with Gasteiger partial charge in [0.2, 0.25) is 5.91 Å². The van der Waals surface area contributed by atoms with Crippen LogP contribution < -0.4 is 5.32 Å². The lowest BCUT2D eigenvalue weighted by molar-refractivity contribution is -0.143. The van der Waals surface area contributed by atoms with Gasteiger partial charge in [0, 0.05) is 19.6 Å². The Bertz CT molecular complexity index is 234. The van der Waals surface area contributed by atoms with Crippen LogP contribution in [0.15, 0.2) is 0 Å². The highest BCUT2D eigenvalue weighted by molar-refractivity contribution is 5.85. The molecular formula is C10H19ClN2O3. The predicted molar refractivity (Wildman–Crippen MR) is 61.9 cm³/mol. The fourth-order valence-corrected chi connectivity index (χ4v) is 1.96. The largest absolute Gasteiger partial charge is 0.378 e. The molecule has 0 aliphatic carbocycles. The van der Waals surface area contributed by atoms with E-state index in [0.29, 0.717) is 32.9 Å². The summed E-state index contributed by atoms with van der Waals surface area (Å²) in [5.74, 6) is 0.143. The summed E-state index contributed by atoms with van der Waals surface area (Å²) in [4.78, 5) is 13.9. The molecule has 0 saturated carbocycles. The molecule has 1 N–H and O–H groups in total. The van der Waals surface area contributed by atoms with Crippen molar-refractivity contribution in [3.8, 4) is 0 Å². The molecule has 2 heterocycles. The summed E-state index contributed by atoms with van der Waals surface area (Å²) in [7, 11) is 0. The topological polar surface area (TPSA) is 50.8 Å². The summed E-state index contributed by atoms with van der Waals surface area (Å²) in [6.07, 6.45) is 0.146. The van der Waals surface area contributed by atoms with Gasteiger partial charge in [-0.3, -0.25) is 4.79 Å². The summed E-state index contributed by atoms with van der Waals surface area (Å²) in [6.45, 7) is 5.97. The van der Waals surface area contributed by atoms with Gasteiger partial charge in [-0.1, -0.05) is 0 Å². The molecule has 0 spiro atoms. The number of nitrogens with zero attached hydrogens (tertiary/aromatic N) is 1.